The minimum Gasteiger partial charge on any atom is -0.350 e. The zero-order valence-electron chi connectivity index (χ0n) is 22.9. The summed E-state index contributed by atoms with van der Waals surface area (Å²) in [6.45, 7) is 3.90. The number of anilines is 1. The van der Waals surface area contributed by atoms with Crippen molar-refractivity contribution in [2.24, 2.45) is 5.73 Å². The van der Waals surface area contributed by atoms with E-state index in [9.17, 15) is 14.4 Å². The summed E-state index contributed by atoms with van der Waals surface area (Å²) in [5, 5.41) is 11.2. The topological polar surface area (TPSA) is 125 Å². The highest BCUT2D eigenvalue weighted by molar-refractivity contribution is 5.94. The van der Waals surface area contributed by atoms with E-state index in [-0.39, 0.29) is 24.3 Å². The molecule has 0 saturated heterocycles. The van der Waals surface area contributed by atoms with Crippen LogP contribution in [0.5, 0.6) is 0 Å². The maximum Gasteiger partial charge on any atom is 0.318 e. The number of carbonyl (C=O) groups excluding carboxylic acids is 3. The molecule has 0 aliphatic heterocycles. The molecule has 0 unspecified atom stereocenters. The average molecular weight is 530 g/mol. The number of aryl methyl sites for hydroxylation is 1. The van der Waals surface area contributed by atoms with Crippen LogP contribution in [0.15, 0.2) is 78.9 Å². The van der Waals surface area contributed by atoms with Gasteiger partial charge in [-0.2, -0.15) is 0 Å². The van der Waals surface area contributed by atoms with Crippen LogP contribution in [-0.2, 0) is 22.6 Å². The first-order valence-electron chi connectivity index (χ1n) is 13.2. The molecule has 0 bridgehead atoms. The van der Waals surface area contributed by atoms with Crippen LogP contribution in [0.25, 0.3) is 11.1 Å². The molecule has 0 heterocycles. The minimum atomic E-state index is -0.661. The number of amides is 4. The number of nitrogens with one attached hydrogen (secondary N) is 4. The van der Waals surface area contributed by atoms with Crippen LogP contribution in [0.1, 0.15) is 44.2 Å². The maximum absolute atomic E-state index is 13.1. The molecule has 8 nitrogen and oxygen atoms in total. The highest BCUT2D eigenvalue weighted by atomic mass is 16.2. The zero-order valence-corrected chi connectivity index (χ0v) is 22.9. The lowest BCUT2D eigenvalue weighted by atomic mass is 10.0. The van der Waals surface area contributed by atoms with E-state index < -0.39 is 11.6 Å². The van der Waals surface area contributed by atoms with E-state index in [1.54, 1.807) is 20.9 Å². The molecule has 0 aliphatic carbocycles. The second kappa shape index (κ2) is 14.1. The molecular weight excluding hydrogens is 490 g/mol. The van der Waals surface area contributed by atoms with Gasteiger partial charge in [-0.15, -0.1) is 0 Å². The molecule has 0 saturated carbocycles. The minimum absolute atomic E-state index is 0.132. The Balaban J connectivity index is 1.63. The van der Waals surface area contributed by atoms with E-state index in [0.717, 1.165) is 29.5 Å². The molecule has 4 amide bonds. The largest absolute Gasteiger partial charge is 0.350 e. The molecular formula is C31H39N5O3. The first-order valence-corrected chi connectivity index (χ1v) is 13.2. The lowest BCUT2D eigenvalue weighted by molar-refractivity contribution is -0.129. The highest BCUT2D eigenvalue weighted by Gasteiger charge is 2.23. The zero-order chi connectivity index (χ0) is 28.3. The van der Waals surface area contributed by atoms with Gasteiger partial charge in [0.15, 0.2) is 0 Å². The summed E-state index contributed by atoms with van der Waals surface area (Å²) in [5.41, 5.74) is 9.99. The van der Waals surface area contributed by atoms with Crippen molar-refractivity contribution in [2.45, 2.75) is 57.7 Å². The third kappa shape index (κ3) is 9.90. The Hall–Kier alpha value is -4.17. The van der Waals surface area contributed by atoms with Gasteiger partial charge in [0.1, 0.15) is 6.04 Å². The summed E-state index contributed by atoms with van der Waals surface area (Å²) in [6, 6.07) is 24.5. The lowest BCUT2D eigenvalue weighted by Crippen LogP contribution is -2.49. The van der Waals surface area contributed by atoms with Crippen molar-refractivity contribution < 1.29 is 14.4 Å². The van der Waals surface area contributed by atoms with Gasteiger partial charge in [0.25, 0.3) is 0 Å². The second-order valence-corrected chi connectivity index (χ2v) is 10.3. The molecule has 0 radical (unpaired) electrons. The van der Waals surface area contributed by atoms with Crippen molar-refractivity contribution in [1.29, 1.82) is 0 Å². The Morgan fingerprint density at radius 2 is 1.54 bits per heavy atom. The first-order chi connectivity index (χ1) is 18.6. The molecule has 0 aliphatic rings. The van der Waals surface area contributed by atoms with Crippen LogP contribution >= 0.6 is 0 Å². The number of urea groups is 1. The lowest BCUT2D eigenvalue weighted by Gasteiger charge is -2.22. The van der Waals surface area contributed by atoms with Gasteiger partial charge < -0.3 is 27.0 Å². The van der Waals surface area contributed by atoms with Crippen molar-refractivity contribution in [3.05, 3.63) is 90.0 Å². The standard InChI is InChI=1S/C31H39N5O3/c1-31(2,32)20-28(37)35-27(15-9-12-22-10-5-4-6-11-22)29(38)34-21-23-16-18-24(19-17-23)25-13-7-8-14-26(25)36-30(39)33-3/h4-8,10-11,13-14,16-19,27H,9,12,15,20-21,32H2,1-3H3,(H,34,38)(H,35,37)(H2,33,36,39)/t27-/m1/s1. The van der Waals surface area contributed by atoms with Gasteiger partial charge in [-0.05, 0) is 55.9 Å². The third-order valence-electron chi connectivity index (χ3n) is 6.20. The van der Waals surface area contributed by atoms with E-state index in [4.69, 9.17) is 5.73 Å². The number of hydrogen-bond donors (Lipinski definition) is 5. The van der Waals surface area contributed by atoms with Gasteiger partial charge in [0.2, 0.25) is 11.8 Å². The SMILES string of the molecule is CNC(=O)Nc1ccccc1-c1ccc(CNC(=O)[C@@H](CCCc2ccccc2)NC(=O)CC(C)(C)N)cc1. The molecule has 6 N–H and O–H groups in total. The number of benzene rings is 3. The van der Waals surface area contributed by atoms with E-state index in [0.29, 0.717) is 18.7 Å². The fraction of sp³-hybridized carbons (Fsp3) is 0.323. The Kier molecular flexibility index (Phi) is 10.6. The normalized spacial score (nSPS) is 11.8. The molecule has 1 atom stereocenters. The van der Waals surface area contributed by atoms with E-state index in [2.05, 4.69) is 33.4 Å². The van der Waals surface area contributed by atoms with Crippen molar-refractivity contribution in [3.8, 4) is 11.1 Å². The van der Waals surface area contributed by atoms with Crippen LogP contribution in [0.4, 0.5) is 10.5 Å². The van der Waals surface area contributed by atoms with Crippen molar-refractivity contribution in [3.63, 3.8) is 0 Å². The predicted molar refractivity (Wildman–Crippen MR) is 156 cm³/mol. The number of nitrogens with two attached hydrogens (primary N) is 1. The van der Waals surface area contributed by atoms with Gasteiger partial charge in [0.05, 0.1) is 5.69 Å². The number of rotatable bonds is 12. The van der Waals surface area contributed by atoms with Crippen molar-refractivity contribution >= 4 is 23.5 Å². The van der Waals surface area contributed by atoms with Crippen LogP contribution in [-0.4, -0.2) is 36.5 Å². The maximum atomic E-state index is 13.1. The van der Waals surface area contributed by atoms with Gasteiger partial charge in [-0.3, -0.25) is 9.59 Å². The Bertz CT molecular complexity index is 1240. The van der Waals surface area contributed by atoms with Crippen molar-refractivity contribution in [1.82, 2.24) is 16.0 Å². The van der Waals surface area contributed by atoms with E-state index >= 15 is 0 Å². The molecule has 3 aromatic carbocycles. The van der Waals surface area contributed by atoms with E-state index in [1.807, 2.05) is 66.7 Å². The number of hydrogen-bond acceptors (Lipinski definition) is 4. The summed E-state index contributed by atoms with van der Waals surface area (Å²) in [4.78, 5) is 37.5. The molecule has 0 fully saturated rings. The summed E-state index contributed by atoms with van der Waals surface area (Å²) in [5.74, 6) is -0.466. The monoisotopic (exact) mass is 529 g/mol. The molecule has 39 heavy (non-hydrogen) atoms. The quantitative estimate of drug-likeness (QED) is 0.239. The fourth-order valence-corrected chi connectivity index (χ4v) is 4.23. The number of carbonyl (C=O) groups is 3. The Labute approximate surface area is 230 Å². The molecule has 0 aromatic heterocycles. The van der Waals surface area contributed by atoms with E-state index in [1.165, 1.54) is 5.56 Å². The molecule has 3 aromatic rings. The third-order valence-corrected chi connectivity index (χ3v) is 6.20. The van der Waals surface area contributed by atoms with Gasteiger partial charge in [-0.25, -0.2) is 4.79 Å². The van der Waals surface area contributed by atoms with Crippen LogP contribution in [0.2, 0.25) is 0 Å². The summed E-state index contributed by atoms with van der Waals surface area (Å²) < 4.78 is 0. The van der Waals surface area contributed by atoms with Gasteiger partial charge in [0, 0.05) is 31.1 Å². The molecule has 206 valence electrons. The molecule has 3 rings (SSSR count). The highest BCUT2D eigenvalue weighted by Crippen LogP contribution is 2.28. The van der Waals surface area contributed by atoms with Crippen LogP contribution in [0, 0.1) is 0 Å². The fourth-order valence-electron chi connectivity index (χ4n) is 4.23. The first kappa shape index (κ1) is 29.4. The van der Waals surface area contributed by atoms with Crippen LogP contribution < -0.4 is 27.0 Å². The Morgan fingerprint density at radius 3 is 2.21 bits per heavy atom. The number of para-hydroxylation sites is 1. The summed E-state index contributed by atoms with van der Waals surface area (Å²) >= 11 is 0. The summed E-state index contributed by atoms with van der Waals surface area (Å²) in [7, 11) is 1.57. The van der Waals surface area contributed by atoms with Crippen molar-refractivity contribution in [2.75, 3.05) is 12.4 Å². The molecule has 8 heteroatoms. The predicted octanol–water partition coefficient (Wildman–Crippen LogP) is 4.36. The van der Waals surface area contributed by atoms with Crippen LogP contribution in [0.3, 0.4) is 0 Å². The second-order valence-electron chi connectivity index (χ2n) is 10.3. The van der Waals surface area contributed by atoms with Gasteiger partial charge in [-0.1, -0.05) is 72.8 Å². The smallest absolute Gasteiger partial charge is 0.318 e. The summed E-state index contributed by atoms with van der Waals surface area (Å²) in [6.07, 6.45) is 2.23. The molecule has 0 spiro atoms. The van der Waals surface area contributed by atoms with Gasteiger partial charge >= 0.3 is 6.03 Å². The average Bonchev–Trinajstić information content (AvgIpc) is 2.91. The Morgan fingerprint density at radius 1 is 0.872 bits per heavy atom.